The van der Waals surface area contributed by atoms with E-state index in [0.717, 1.165) is 28.3 Å². The fourth-order valence-corrected chi connectivity index (χ4v) is 3.19. The zero-order valence-corrected chi connectivity index (χ0v) is 15.4. The van der Waals surface area contributed by atoms with Crippen LogP contribution < -0.4 is 10.6 Å². The van der Waals surface area contributed by atoms with E-state index in [1.54, 1.807) is 6.92 Å². The standard InChI is InChI=1S/C22H16F2N2O3/c1-12-15-8-6-13-4-2-3-5-16(13)21(15)29-20(12)22(28)25-11-19(27)26-14-7-9-17(23)18(24)10-14/h2-10H,11H2,1H3,(H,25,28)(H,26,27). The fraction of sp³-hybridized carbons (Fsp3) is 0.0909. The normalized spacial score (nSPS) is 11.0. The molecule has 0 aliphatic carbocycles. The van der Waals surface area contributed by atoms with Crippen LogP contribution in [0.25, 0.3) is 21.7 Å². The van der Waals surface area contributed by atoms with Gasteiger partial charge >= 0.3 is 0 Å². The number of hydrogen-bond donors (Lipinski definition) is 2. The number of anilines is 1. The number of carbonyl (C=O) groups excluding carboxylic acids is 2. The number of hydrogen-bond acceptors (Lipinski definition) is 3. The minimum Gasteiger partial charge on any atom is -0.450 e. The van der Waals surface area contributed by atoms with Crippen LogP contribution in [-0.4, -0.2) is 18.4 Å². The number of benzene rings is 3. The summed E-state index contributed by atoms with van der Waals surface area (Å²) in [6.45, 7) is 1.42. The Labute approximate surface area is 164 Å². The highest BCUT2D eigenvalue weighted by Gasteiger charge is 2.19. The van der Waals surface area contributed by atoms with E-state index in [0.29, 0.717) is 11.1 Å². The van der Waals surface area contributed by atoms with Gasteiger partial charge in [0.05, 0.1) is 6.54 Å². The molecular formula is C22H16F2N2O3. The SMILES string of the molecule is Cc1c(C(=O)NCC(=O)Nc2ccc(F)c(F)c2)oc2c1ccc1ccccc12. The van der Waals surface area contributed by atoms with Gasteiger partial charge in [-0.05, 0) is 24.4 Å². The molecule has 7 heteroatoms. The van der Waals surface area contributed by atoms with Gasteiger partial charge in [0.2, 0.25) is 5.91 Å². The summed E-state index contributed by atoms with van der Waals surface area (Å²) in [4.78, 5) is 24.5. The second-order valence-electron chi connectivity index (χ2n) is 6.58. The molecular weight excluding hydrogens is 378 g/mol. The van der Waals surface area contributed by atoms with Crippen LogP contribution in [0, 0.1) is 18.6 Å². The summed E-state index contributed by atoms with van der Waals surface area (Å²) in [6, 6.07) is 14.5. The van der Waals surface area contributed by atoms with E-state index in [-0.39, 0.29) is 18.0 Å². The van der Waals surface area contributed by atoms with E-state index >= 15 is 0 Å². The van der Waals surface area contributed by atoms with Crippen molar-refractivity contribution in [3.8, 4) is 0 Å². The third-order valence-corrected chi connectivity index (χ3v) is 4.65. The summed E-state index contributed by atoms with van der Waals surface area (Å²) in [5.74, 6) is -3.08. The third-order valence-electron chi connectivity index (χ3n) is 4.65. The van der Waals surface area contributed by atoms with Gasteiger partial charge in [-0.15, -0.1) is 0 Å². The second-order valence-corrected chi connectivity index (χ2v) is 6.58. The number of halogens is 2. The van der Waals surface area contributed by atoms with Gasteiger partial charge in [-0.2, -0.15) is 0 Å². The zero-order chi connectivity index (χ0) is 20.5. The van der Waals surface area contributed by atoms with Crippen molar-refractivity contribution in [2.75, 3.05) is 11.9 Å². The first-order chi connectivity index (χ1) is 13.9. The number of furan rings is 1. The number of rotatable bonds is 4. The Balaban J connectivity index is 1.50. The molecule has 2 N–H and O–H groups in total. The maximum atomic E-state index is 13.2. The van der Waals surface area contributed by atoms with Crippen LogP contribution >= 0.6 is 0 Å². The maximum absolute atomic E-state index is 13.2. The minimum absolute atomic E-state index is 0.0922. The summed E-state index contributed by atoms with van der Waals surface area (Å²) in [6.07, 6.45) is 0. The number of aryl methyl sites for hydroxylation is 1. The van der Waals surface area contributed by atoms with E-state index < -0.39 is 23.4 Å². The summed E-state index contributed by atoms with van der Waals surface area (Å²) >= 11 is 0. The maximum Gasteiger partial charge on any atom is 0.287 e. The average Bonchev–Trinajstić information content (AvgIpc) is 3.06. The van der Waals surface area contributed by atoms with Crippen molar-refractivity contribution >= 4 is 39.2 Å². The zero-order valence-electron chi connectivity index (χ0n) is 15.4. The lowest BCUT2D eigenvalue weighted by Crippen LogP contribution is -2.33. The molecule has 0 saturated carbocycles. The lowest BCUT2D eigenvalue weighted by Gasteiger charge is -2.06. The van der Waals surface area contributed by atoms with Crippen molar-refractivity contribution in [2.45, 2.75) is 6.92 Å². The largest absolute Gasteiger partial charge is 0.450 e. The first-order valence-corrected chi connectivity index (χ1v) is 8.88. The molecule has 0 saturated heterocycles. The number of fused-ring (bicyclic) bond motifs is 3. The van der Waals surface area contributed by atoms with Crippen molar-refractivity contribution < 1.29 is 22.8 Å². The van der Waals surface area contributed by atoms with Gasteiger partial charge in [-0.25, -0.2) is 8.78 Å². The highest BCUT2D eigenvalue weighted by molar-refractivity contribution is 6.09. The van der Waals surface area contributed by atoms with Crippen LogP contribution in [0.2, 0.25) is 0 Å². The second kappa shape index (κ2) is 7.35. The van der Waals surface area contributed by atoms with E-state index in [9.17, 15) is 18.4 Å². The van der Waals surface area contributed by atoms with Crippen LogP contribution in [0.3, 0.4) is 0 Å². The van der Waals surface area contributed by atoms with E-state index in [4.69, 9.17) is 4.42 Å². The molecule has 0 radical (unpaired) electrons. The first kappa shape index (κ1) is 18.6. The predicted octanol–water partition coefficient (Wildman–Crippen LogP) is 4.54. The number of nitrogens with one attached hydrogen (secondary N) is 2. The molecule has 146 valence electrons. The molecule has 5 nitrogen and oxygen atoms in total. The average molecular weight is 394 g/mol. The third kappa shape index (κ3) is 3.54. The summed E-state index contributed by atoms with van der Waals surface area (Å²) in [5, 5.41) is 7.58. The number of carbonyl (C=O) groups is 2. The minimum atomic E-state index is -1.07. The lowest BCUT2D eigenvalue weighted by molar-refractivity contribution is -0.115. The molecule has 1 aromatic heterocycles. The monoisotopic (exact) mass is 394 g/mol. The Morgan fingerprint density at radius 3 is 2.55 bits per heavy atom. The Morgan fingerprint density at radius 2 is 1.76 bits per heavy atom. The van der Waals surface area contributed by atoms with E-state index in [1.807, 2.05) is 36.4 Å². The molecule has 0 aliphatic heterocycles. The van der Waals surface area contributed by atoms with Gasteiger partial charge in [0.25, 0.3) is 5.91 Å². The van der Waals surface area contributed by atoms with E-state index in [2.05, 4.69) is 10.6 Å². The van der Waals surface area contributed by atoms with Gasteiger partial charge in [-0.1, -0.05) is 36.4 Å². The van der Waals surface area contributed by atoms with Gasteiger partial charge in [0.1, 0.15) is 5.58 Å². The van der Waals surface area contributed by atoms with E-state index in [1.165, 1.54) is 6.07 Å². The lowest BCUT2D eigenvalue weighted by atomic mass is 10.1. The van der Waals surface area contributed by atoms with Crippen LogP contribution in [-0.2, 0) is 4.79 Å². The molecule has 1 heterocycles. The van der Waals surface area contributed by atoms with Crippen molar-refractivity contribution in [1.82, 2.24) is 5.32 Å². The smallest absolute Gasteiger partial charge is 0.287 e. The van der Waals surface area contributed by atoms with Gasteiger partial charge in [0, 0.05) is 28.1 Å². The van der Waals surface area contributed by atoms with Crippen LogP contribution in [0.5, 0.6) is 0 Å². The Kier molecular flexibility index (Phi) is 4.72. The predicted molar refractivity (Wildman–Crippen MR) is 106 cm³/mol. The van der Waals surface area contributed by atoms with Crippen LogP contribution in [0.1, 0.15) is 16.1 Å². The van der Waals surface area contributed by atoms with Crippen LogP contribution in [0.15, 0.2) is 59.0 Å². The van der Waals surface area contributed by atoms with Gasteiger partial charge in [-0.3, -0.25) is 9.59 Å². The van der Waals surface area contributed by atoms with Gasteiger partial charge < -0.3 is 15.1 Å². The van der Waals surface area contributed by atoms with Crippen molar-refractivity contribution in [3.05, 3.63) is 77.6 Å². The Hall–Kier alpha value is -3.74. The molecule has 0 unspecified atom stereocenters. The summed E-state index contributed by atoms with van der Waals surface area (Å²) in [7, 11) is 0. The summed E-state index contributed by atoms with van der Waals surface area (Å²) in [5.41, 5.74) is 1.37. The highest BCUT2D eigenvalue weighted by Crippen LogP contribution is 2.31. The van der Waals surface area contributed by atoms with Crippen LogP contribution in [0.4, 0.5) is 14.5 Å². The topological polar surface area (TPSA) is 71.3 Å². The fourth-order valence-electron chi connectivity index (χ4n) is 3.19. The molecule has 0 spiro atoms. The van der Waals surface area contributed by atoms with Gasteiger partial charge in [0.15, 0.2) is 17.4 Å². The molecule has 0 bridgehead atoms. The molecule has 0 aliphatic rings. The molecule has 29 heavy (non-hydrogen) atoms. The summed E-state index contributed by atoms with van der Waals surface area (Å²) < 4.78 is 32.0. The quantitative estimate of drug-likeness (QED) is 0.534. The first-order valence-electron chi connectivity index (χ1n) is 8.88. The molecule has 0 atom stereocenters. The molecule has 4 aromatic rings. The van der Waals surface area contributed by atoms with Crippen molar-refractivity contribution in [3.63, 3.8) is 0 Å². The van der Waals surface area contributed by atoms with Crippen molar-refractivity contribution in [2.24, 2.45) is 0 Å². The molecule has 3 aromatic carbocycles. The molecule has 4 rings (SSSR count). The molecule has 0 fully saturated rings. The number of amides is 2. The highest BCUT2D eigenvalue weighted by atomic mass is 19.2. The molecule has 2 amide bonds. The Morgan fingerprint density at radius 1 is 0.966 bits per heavy atom. The van der Waals surface area contributed by atoms with Crippen molar-refractivity contribution in [1.29, 1.82) is 0 Å². The Bertz CT molecular complexity index is 1260.